The van der Waals surface area contributed by atoms with Crippen molar-refractivity contribution in [1.29, 1.82) is 0 Å². The molecule has 9 nitrogen and oxygen atoms in total. The number of ether oxygens (including phenoxy) is 1. The van der Waals surface area contributed by atoms with E-state index in [0.29, 0.717) is 53.1 Å². The summed E-state index contributed by atoms with van der Waals surface area (Å²) >= 11 is 0. The topological polar surface area (TPSA) is 104 Å². The highest BCUT2D eigenvalue weighted by Crippen LogP contribution is 2.36. The summed E-state index contributed by atoms with van der Waals surface area (Å²) in [6.45, 7) is 8.52. The molecule has 4 aromatic rings. The number of nitrogens with two attached hydrogens (primary N) is 1. The lowest BCUT2D eigenvalue weighted by Gasteiger charge is -2.33. The summed E-state index contributed by atoms with van der Waals surface area (Å²) in [6.07, 6.45) is 6.90. The van der Waals surface area contributed by atoms with Gasteiger partial charge in [-0.15, -0.1) is 0 Å². The third kappa shape index (κ3) is 5.03. The van der Waals surface area contributed by atoms with E-state index < -0.39 is 0 Å². The van der Waals surface area contributed by atoms with Crippen LogP contribution in [0, 0.1) is 18.3 Å². The molecule has 2 aromatic carbocycles. The molecule has 1 amide bonds. The molecule has 6 rings (SSSR count). The highest BCUT2D eigenvalue weighted by atomic mass is 19.1. The smallest absolute Gasteiger partial charge is 0.252 e. The molecule has 0 bridgehead atoms. The lowest BCUT2D eigenvalue weighted by Crippen LogP contribution is -2.41. The van der Waals surface area contributed by atoms with Crippen molar-refractivity contribution in [2.24, 2.45) is 5.92 Å². The molecule has 2 aliphatic rings. The van der Waals surface area contributed by atoms with Crippen molar-refractivity contribution in [3.05, 3.63) is 83.9 Å². The van der Waals surface area contributed by atoms with E-state index in [9.17, 15) is 9.18 Å². The van der Waals surface area contributed by atoms with E-state index in [4.69, 9.17) is 22.1 Å². The zero-order valence-electron chi connectivity index (χ0n) is 21.1. The quantitative estimate of drug-likeness (QED) is 0.269. The average molecular weight is 524 g/mol. The van der Waals surface area contributed by atoms with Crippen molar-refractivity contribution in [3.8, 4) is 22.8 Å². The third-order valence-electron chi connectivity index (χ3n) is 7.06. The normalized spacial score (nSPS) is 17.7. The van der Waals surface area contributed by atoms with Gasteiger partial charge in [0.2, 0.25) is 5.70 Å². The lowest BCUT2D eigenvalue weighted by atomic mass is 10.1. The Morgan fingerprint density at radius 1 is 1.13 bits per heavy atom. The number of carbonyl (C=O) groups is 1. The lowest BCUT2D eigenvalue weighted by molar-refractivity contribution is -0.128. The standard InChI is InChI=1S/C29H26FN7O2/c1-32-24(14-18-7-8-18)29(38)36-13-3-5-21(16-36)37-28-25(27(31)33-17-34-28)26(35-37)19-9-11-22(12-10-19)39-23-6-2-4-20(30)15-23/h2,4,6,9-12,14-15,17-18,21H,3,5,7-8,13,16H2,(H2,31,33,34)/b24-14+/t21-/m1/s1. The second kappa shape index (κ2) is 10.2. The van der Waals surface area contributed by atoms with E-state index in [-0.39, 0.29) is 23.5 Å². The number of nitrogen functional groups attached to an aromatic ring is 1. The van der Waals surface area contributed by atoms with Crippen molar-refractivity contribution in [2.45, 2.75) is 31.7 Å². The molecule has 196 valence electrons. The van der Waals surface area contributed by atoms with Crippen LogP contribution in [-0.4, -0.2) is 43.6 Å². The van der Waals surface area contributed by atoms with Gasteiger partial charge in [-0.25, -0.2) is 23.9 Å². The molecular formula is C29H26FN7O2. The highest BCUT2D eigenvalue weighted by molar-refractivity contribution is 5.98. The average Bonchev–Trinajstić information content (AvgIpc) is 3.69. The van der Waals surface area contributed by atoms with Gasteiger partial charge >= 0.3 is 0 Å². The molecule has 39 heavy (non-hydrogen) atoms. The number of amides is 1. The second-order valence-electron chi connectivity index (χ2n) is 9.88. The Labute approximate surface area is 224 Å². The fraction of sp³-hybridized carbons (Fsp3) is 0.276. The summed E-state index contributed by atoms with van der Waals surface area (Å²) in [7, 11) is 0. The second-order valence-corrected chi connectivity index (χ2v) is 9.88. The zero-order valence-corrected chi connectivity index (χ0v) is 21.1. The van der Waals surface area contributed by atoms with Gasteiger partial charge in [0.05, 0.1) is 18.0 Å². The number of likely N-dealkylation sites (tertiary alicyclic amines) is 1. The number of nitrogens with zero attached hydrogens (tertiary/aromatic N) is 6. The van der Waals surface area contributed by atoms with E-state index >= 15 is 0 Å². The minimum absolute atomic E-state index is 0.128. The van der Waals surface area contributed by atoms with Crippen LogP contribution in [0.15, 0.2) is 66.6 Å². The Bertz CT molecular complexity index is 1620. The number of benzene rings is 2. The van der Waals surface area contributed by atoms with Gasteiger partial charge in [-0.05, 0) is 68.0 Å². The molecule has 1 atom stereocenters. The van der Waals surface area contributed by atoms with Crippen LogP contribution in [0.3, 0.4) is 0 Å². The molecule has 1 saturated carbocycles. The first-order chi connectivity index (χ1) is 19.0. The molecule has 1 saturated heterocycles. The Kier molecular flexibility index (Phi) is 6.40. The molecule has 2 fully saturated rings. The van der Waals surface area contributed by atoms with Crippen molar-refractivity contribution in [1.82, 2.24) is 24.6 Å². The minimum Gasteiger partial charge on any atom is -0.457 e. The predicted molar refractivity (Wildman–Crippen MR) is 144 cm³/mol. The Hall–Kier alpha value is -4.78. The molecule has 3 heterocycles. The van der Waals surface area contributed by atoms with Gasteiger partial charge in [-0.3, -0.25) is 4.79 Å². The number of carbonyl (C=O) groups excluding carboxylic acids is 1. The number of rotatable bonds is 6. The van der Waals surface area contributed by atoms with Gasteiger partial charge < -0.3 is 15.4 Å². The number of hydrogen-bond donors (Lipinski definition) is 1. The van der Waals surface area contributed by atoms with Gasteiger partial charge in [-0.2, -0.15) is 5.10 Å². The Morgan fingerprint density at radius 3 is 2.69 bits per heavy atom. The zero-order chi connectivity index (χ0) is 26.9. The fourth-order valence-electron chi connectivity index (χ4n) is 4.94. The van der Waals surface area contributed by atoms with Gasteiger partial charge in [0.25, 0.3) is 5.91 Å². The van der Waals surface area contributed by atoms with Crippen molar-refractivity contribution in [3.63, 3.8) is 0 Å². The Morgan fingerprint density at radius 2 is 1.95 bits per heavy atom. The number of fused-ring (bicyclic) bond motifs is 1. The SMILES string of the molecule is [C-]#[N+]/C(=C/C1CC1)C(=O)N1CCC[C@@H](n2nc(-c3ccc(Oc4cccc(F)c4)cc3)c3c(N)ncnc32)C1. The molecule has 2 aromatic heterocycles. The number of aromatic nitrogens is 4. The van der Waals surface area contributed by atoms with Crippen LogP contribution in [0.1, 0.15) is 31.7 Å². The molecule has 10 heteroatoms. The molecule has 0 unspecified atom stereocenters. The molecule has 1 aliphatic heterocycles. The van der Waals surface area contributed by atoms with Crippen LogP contribution < -0.4 is 10.5 Å². The largest absolute Gasteiger partial charge is 0.457 e. The summed E-state index contributed by atoms with van der Waals surface area (Å²) < 4.78 is 21.1. The van der Waals surface area contributed by atoms with E-state index in [0.717, 1.165) is 31.2 Å². The highest BCUT2D eigenvalue weighted by Gasteiger charge is 2.31. The minimum atomic E-state index is -0.371. The first-order valence-electron chi connectivity index (χ1n) is 12.9. The molecule has 0 spiro atoms. The number of allylic oxidation sites excluding steroid dienone is 1. The monoisotopic (exact) mass is 523 g/mol. The summed E-state index contributed by atoms with van der Waals surface area (Å²) in [4.78, 5) is 27.1. The van der Waals surface area contributed by atoms with Crippen molar-refractivity contribution >= 4 is 22.8 Å². The van der Waals surface area contributed by atoms with Crippen LogP contribution in [0.2, 0.25) is 0 Å². The van der Waals surface area contributed by atoms with Gasteiger partial charge in [0.1, 0.15) is 35.2 Å². The molecule has 0 radical (unpaired) electrons. The van der Waals surface area contributed by atoms with Crippen molar-refractivity contribution in [2.75, 3.05) is 18.8 Å². The van der Waals surface area contributed by atoms with Crippen LogP contribution in [0.4, 0.5) is 10.2 Å². The van der Waals surface area contributed by atoms with E-state index in [2.05, 4.69) is 14.8 Å². The molecule has 2 N–H and O–H groups in total. The summed E-state index contributed by atoms with van der Waals surface area (Å²) in [6, 6.07) is 13.1. The van der Waals surface area contributed by atoms with Gasteiger partial charge in [0, 0.05) is 24.7 Å². The van der Waals surface area contributed by atoms with Crippen LogP contribution in [-0.2, 0) is 4.79 Å². The van der Waals surface area contributed by atoms with Crippen molar-refractivity contribution < 1.29 is 13.9 Å². The van der Waals surface area contributed by atoms with E-state index in [1.807, 2.05) is 22.9 Å². The first kappa shape index (κ1) is 24.6. The fourth-order valence-corrected chi connectivity index (χ4v) is 4.94. The summed E-state index contributed by atoms with van der Waals surface area (Å²) in [5.41, 5.74) is 8.51. The number of halogens is 1. The number of hydrogen-bond acceptors (Lipinski definition) is 6. The number of anilines is 1. The maximum atomic E-state index is 13.5. The van der Waals surface area contributed by atoms with Gasteiger partial charge in [-0.1, -0.05) is 12.1 Å². The maximum Gasteiger partial charge on any atom is 0.252 e. The van der Waals surface area contributed by atoms with Crippen LogP contribution in [0.5, 0.6) is 11.5 Å². The molecule has 1 aliphatic carbocycles. The number of piperidine rings is 1. The van der Waals surface area contributed by atoms with E-state index in [1.165, 1.54) is 18.5 Å². The first-order valence-corrected chi connectivity index (χ1v) is 12.9. The van der Waals surface area contributed by atoms with E-state index in [1.54, 1.807) is 29.2 Å². The van der Waals surface area contributed by atoms with Crippen LogP contribution in [0.25, 0.3) is 27.1 Å². The van der Waals surface area contributed by atoms with Crippen LogP contribution >= 0.6 is 0 Å². The van der Waals surface area contributed by atoms with Gasteiger partial charge in [0.15, 0.2) is 5.65 Å². The maximum absolute atomic E-state index is 13.5. The summed E-state index contributed by atoms with van der Waals surface area (Å²) in [5, 5.41) is 5.55. The Balaban J connectivity index is 1.29. The molecular weight excluding hydrogens is 497 g/mol. The predicted octanol–water partition coefficient (Wildman–Crippen LogP) is 5.38. The third-order valence-corrected chi connectivity index (χ3v) is 7.06. The summed E-state index contributed by atoms with van der Waals surface area (Å²) in [5.74, 6) is 1.02.